The fourth-order valence-corrected chi connectivity index (χ4v) is 2.52. The molecule has 6 heteroatoms. The van der Waals surface area contributed by atoms with E-state index in [2.05, 4.69) is 20.5 Å². The molecule has 5 nitrogen and oxygen atoms in total. The summed E-state index contributed by atoms with van der Waals surface area (Å²) >= 11 is 0. The summed E-state index contributed by atoms with van der Waals surface area (Å²) in [5.74, 6) is 1.36. The highest BCUT2D eigenvalue weighted by molar-refractivity contribution is 5.79. The Bertz CT molecular complexity index is 777. The van der Waals surface area contributed by atoms with Crippen LogP contribution in [0.25, 0.3) is 0 Å². The Morgan fingerprint density at radius 2 is 1.93 bits per heavy atom. The van der Waals surface area contributed by atoms with Gasteiger partial charge in [-0.25, -0.2) is 9.38 Å². The molecule has 0 aliphatic heterocycles. The predicted octanol–water partition coefficient (Wildman–Crippen LogP) is 3.33. The number of nitrogens with zero attached hydrogens (tertiary/aromatic N) is 2. The number of nitrogens with one attached hydrogen (secondary N) is 2. The van der Waals surface area contributed by atoms with E-state index in [1.54, 1.807) is 19.1 Å². The molecule has 0 fully saturated rings. The van der Waals surface area contributed by atoms with Crippen molar-refractivity contribution in [1.82, 2.24) is 15.5 Å². The molecule has 28 heavy (non-hydrogen) atoms. The molecule has 0 atom stereocenters. The molecule has 2 aromatic rings. The number of rotatable bonds is 9. The number of benzene rings is 2. The standard InChI is InChI=1S/C22H31FN4O/c1-5-24-22(26-16-19-10-9-17(2)21(23)14-19)25-15-18-7-6-8-20(13-18)28-12-11-27(3)4/h6-10,13-14H,5,11-12,15-16H2,1-4H3,(H2,24,25,26). The van der Waals surface area contributed by atoms with Gasteiger partial charge in [-0.15, -0.1) is 0 Å². The molecule has 0 unspecified atom stereocenters. The lowest BCUT2D eigenvalue weighted by molar-refractivity contribution is 0.261. The number of hydrogen-bond acceptors (Lipinski definition) is 3. The summed E-state index contributed by atoms with van der Waals surface area (Å²) in [5.41, 5.74) is 2.60. The molecular formula is C22H31FN4O. The first-order valence-corrected chi connectivity index (χ1v) is 9.61. The Hall–Kier alpha value is -2.60. The quantitative estimate of drug-likeness (QED) is 0.513. The summed E-state index contributed by atoms with van der Waals surface area (Å²) in [6, 6.07) is 13.2. The maximum Gasteiger partial charge on any atom is 0.191 e. The minimum atomic E-state index is -0.188. The second-order valence-corrected chi connectivity index (χ2v) is 6.93. The topological polar surface area (TPSA) is 48.9 Å². The monoisotopic (exact) mass is 386 g/mol. The highest BCUT2D eigenvalue weighted by Crippen LogP contribution is 2.14. The third-order valence-electron chi connectivity index (χ3n) is 4.17. The lowest BCUT2D eigenvalue weighted by atomic mass is 10.1. The minimum Gasteiger partial charge on any atom is -0.492 e. The van der Waals surface area contributed by atoms with E-state index in [4.69, 9.17) is 4.74 Å². The summed E-state index contributed by atoms with van der Waals surface area (Å²) < 4.78 is 19.5. The van der Waals surface area contributed by atoms with Crippen LogP contribution in [0.4, 0.5) is 4.39 Å². The van der Waals surface area contributed by atoms with Crippen molar-refractivity contribution in [2.24, 2.45) is 4.99 Å². The van der Waals surface area contributed by atoms with Crippen LogP contribution in [-0.2, 0) is 13.1 Å². The zero-order valence-corrected chi connectivity index (χ0v) is 17.3. The normalized spacial score (nSPS) is 11.6. The largest absolute Gasteiger partial charge is 0.492 e. The summed E-state index contributed by atoms with van der Waals surface area (Å²) in [4.78, 5) is 6.71. The fraction of sp³-hybridized carbons (Fsp3) is 0.409. The van der Waals surface area contributed by atoms with Gasteiger partial charge in [0.2, 0.25) is 0 Å². The van der Waals surface area contributed by atoms with Gasteiger partial charge in [0.25, 0.3) is 0 Å². The van der Waals surface area contributed by atoms with Crippen LogP contribution in [0.3, 0.4) is 0 Å². The van der Waals surface area contributed by atoms with Gasteiger partial charge in [-0.1, -0.05) is 24.3 Å². The van der Waals surface area contributed by atoms with Crippen LogP contribution in [0.5, 0.6) is 5.75 Å². The number of aliphatic imine (C=N–C) groups is 1. The van der Waals surface area contributed by atoms with Crippen molar-refractivity contribution in [3.8, 4) is 5.75 Å². The molecule has 0 aliphatic carbocycles. The van der Waals surface area contributed by atoms with Gasteiger partial charge in [-0.05, 0) is 62.8 Å². The van der Waals surface area contributed by atoms with Crippen LogP contribution in [-0.4, -0.2) is 44.7 Å². The van der Waals surface area contributed by atoms with Crippen LogP contribution >= 0.6 is 0 Å². The number of hydrogen-bond donors (Lipinski definition) is 2. The highest BCUT2D eigenvalue weighted by Gasteiger charge is 2.03. The van der Waals surface area contributed by atoms with Gasteiger partial charge < -0.3 is 20.3 Å². The van der Waals surface area contributed by atoms with Gasteiger partial charge in [-0.3, -0.25) is 0 Å². The zero-order chi connectivity index (χ0) is 20.4. The Kier molecular flexibility index (Phi) is 8.75. The van der Waals surface area contributed by atoms with E-state index in [9.17, 15) is 4.39 Å². The average molecular weight is 387 g/mol. The molecule has 0 aromatic heterocycles. The molecule has 2 aromatic carbocycles. The first kappa shape index (κ1) is 21.7. The van der Waals surface area contributed by atoms with Crippen LogP contribution in [0.1, 0.15) is 23.6 Å². The van der Waals surface area contributed by atoms with Crippen molar-refractivity contribution >= 4 is 5.96 Å². The number of guanidine groups is 1. The third kappa shape index (κ3) is 7.56. The number of aryl methyl sites for hydroxylation is 1. The van der Waals surface area contributed by atoms with E-state index in [0.29, 0.717) is 31.2 Å². The molecule has 0 spiro atoms. The van der Waals surface area contributed by atoms with Gasteiger partial charge >= 0.3 is 0 Å². The van der Waals surface area contributed by atoms with Crippen molar-refractivity contribution in [1.29, 1.82) is 0 Å². The van der Waals surface area contributed by atoms with Gasteiger partial charge in [-0.2, -0.15) is 0 Å². The Morgan fingerprint density at radius 3 is 2.64 bits per heavy atom. The molecule has 2 rings (SSSR count). The molecule has 2 N–H and O–H groups in total. The van der Waals surface area contributed by atoms with E-state index >= 15 is 0 Å². The van der Waals surface area contributed by atoms with Crippen LogP contribution in [0.15, 0.2) is 47.5 Å². The second-order valence-electron chi connectivity index (χ2n) is 6.93. The van der Waals surface area contributed by atoms with Crippen LogP contribution < -0.4 is 15.4 Å². The molecule has 0 heterocycles. The van der Waals surface area contributed by atoms with Gasteiger partial charge in [0.15, 0.2) is 5.96 Å². The van der Waals surface area contributed by atoms with Crippen molar-refractivity contribution in [2.45, 2.75) is 26.9 Å². The lowest BCUT2D eigenvalue weighted by Crippen LogP contribution is -2.36. The van der Waals surface area contributed by atoms with Crippen molar-refractivity contribution < 1.29 is 9.13 Å². The molecular weight excluding hydrogens is 355 g/mol. The van der Waals surface area contributed by atoms with Crippen molar-refractivity contribution in [3.63, 3.8) is 0 Å². The number of likely N-dealkylation sites (N-methyl/N-ethyl adjacent to an activating group) is 1. The Balaban J connectivity index is 1.94. The predicted molar refractivity (Wildman–Crippen MR) is 113 cm³/mol. The smallest absolute Gasteiger partial charge is 0.191 e. The molecule has 0 bridgehead atoms. The van der Waals surface area contributed by atoms with E-state index < -0.39 is 0 Å². The number of halogens is 1. The van der Waals surface area contributed by atoms with E-state index in [1.165, 1.54) is 0 Å². The van der Waals surface area contributed by atoms with Crippen molar-refractivity contribution in [2.75, 3.05) is 33.8 Å². The van der Waals surface area contributed by atoms with E-state index in [0.717, 1.165) is 30.0 Å². The second kappa shape index (κ2) is 11.3. The maximum atomic E-state index is 13.7. The van der Waals surface area contributed by atoms with Gasteiger partial charge in [0.05, 0.1) is 6.54 Å². The molecule has 0 saturated carbocycles. The molecule has 0 saturated heterocycles. The fourth-order valence-electron chi connectivity index (χ4n) is 2.52. The average Bonchev–Trinajstić information content (AvgIpc) is 2.67. The summed E-state index contributed by atoms with van der Waals surface area (Å²) in [5, 5.41) is 6.47. The van der Waals surface area contributed by atoms with Gasteiger partial charge in [0.1, 0.15) is 18.2 Å². The maximum absolute atomic E-state index is 13.7. The van der Waals surface area contributed by atoms with E-state index in [-0.39, 0.29) is 5.82 Å². The zero-order valence-electron chi connectivity index (χ0n) is 17.3. The summed E-state index contributed by atoms with van der Waals surface area (Å²) in [6.07, 6.45) is 0. The summed E-state index contributed by atoms with van der Waals surface area (Å²) in [7, 11) is 4.05. The van der Waals surface area contributed by atoms with E-state index in [1.807, 2.05) is 51.4 Å². The Morgan fingerprint density at radius 1 is 1.11 bits per heavy atom. The first-order chi connectivity index (χ1) is 13.5. The van der Waals surface area contributed by atoms with Gasteiger partial charge in [0, 0.05) is 19.6 Å². The van der Waals surface area contributed by atoms with Crippen molar-refractivity contribution in [3.05, 3.63) is 65.0 Å². The molecule has 0 radical (unpaired) electrons. The molecule has 0 aliphatic rings. The van der Waals surface area contributed by atoms with Crippen LogP contribution in [0.2, 0.25) is 0 Å². The lowest BCUT2D eigenvalue weighted by Gasteiger charge is -2.13. The summed E-state index contributed by atoms with van der Waals surface area (Å²) in [6.45, 7) is 7.09. The minimum absolute atomic E-state index is 0.188. The van der Waals surface area contributed by atoms with Crippen LogP contribution in [0, 0.1) is 12.7 Å². The Labute approximate surface area is 167 Å². The number of ether oxygens (including phenoxy) is 1. The SMILES string of the molecule is CCNC(=NCc1cccc(OCCN(C)C)c1)NCc1ccc(C)c(F)c1. The molecule has 0 amide bonds. The third-order valence-corrected chi connectivity index (χ3v) is 4.17. The highest BCUT2D eigenvalue weighted by atomic mass is 19.1. The molecule has 152 valence electrons. The first-order valence-electron chi connectivity index (χ1n) is 9.61.